The number of amidine groups is 1. The summed E-state index contributed by atoms with van der Waals surface area (Å²) in [7, 11) is 0. The van der Waals surface area contributed by atoms with Crippen molar-refractivity contribution in [2.45, 2.75) is 13.8 Å². The van der Waals surface area contributed by atoms with Gasteiger partial charge in [0.05, 0.1) is 10.6 Å². The highest BCUT2D eigenvalue weighted by molar-refractivity contribution is 7.12. The molecule has 1 aromatic heterocycles. The fourth-order valence-electron chi connectivity index (χ4n) is 2.59. The number of hydrogen-bond donors (Lipinski definition) is 2. The highest BCUT2D eigenvalue weighted by Gasteiger charge is 2.27. The summed E-state index contributed by atoms with van der Waals surface area (Å²) < 4.78 is 0. The first-order valence-electron chi connectivity index (χ1n) is 8.47. The number of nitriles is 1. The zero-order valence-corrected chi connectivity index (χ0v) is 15.8. The number of carbonyl (C=O) groups is 2. The molecule has 0 aliphatic carbocycles. The van der Waals surface area contributed by atoms with E-state index in [1.807, 2.05) is 31.4 Å². The van der Waals surface area contributed by atoms with Gasteiger partial charge in [0.1, 0.15) is 17.5 Å². The fraction of sp³-hybridized carbons (Fsp3) is 0.200. The number of hydrogen-bond acceptors (Lipinski definition) is 5. The Labute approximate surface area is 161 Å². The van der Waals surface area contributed by atoms with Gasteiger partial charge in [-0.3, -0.25) is 9.59 Å². The second-order valence-corrected chi connectivity index (χ2v) is 7.32. The fourth-order valence-corrected chi connectivity index (χ4v) is 3.21. The van der Waals surface area contributed by atoms with E-state index in [4.69, 9.17) is 0 Å². The van der Waals surface area contributed by atoms with Crippen LogP contribution in [0.1, 0.15) is 34.6 Å². The normalized spacial score (nSPS) is 14.2. The zero-order valence-electron chi connectivity index (χ0n) is 14.9. The van der Waals surface area contributed by atoms with E-state index in [0.717, 1.165) is 0 Å². The number of nitrogens with one attached hydrogen (secondary N) is 2. The monoisotopic (exact) mass is 378 g/mol. The smallest absolute Gasteiger partial charge is 0.266 e. The molecule has 1 aliphatic rings. The lowest BCUT2D eigenvalue weighted by Crippen LogP contribution is -2.29. The maximum atomic E-state index is 12.4. The van der Waals surface area contributed by atoms with Crippen molar-refractivity contribution in [3.63, 3.8) is 0 Å². The van der Waals surface area contributed by atoms with E-state index >= 15 is 0 Å². The Hall–Kier alpha value is -3.24. The molecule has 0 atom stereocenters. The van der Waals surface area contributed by atoms with Gasteiger partial charge in [-0.05, 0) is 17.4 Å². The third-order valence-corrected chi connectivity index (χ3v) is 4.75. The van der Waals surface area contributed by atoms with Gasteiger partial charge in [0.25, 0.3) is 11.8 Å². The van der Waals surface area contributed by atoms with Crippen LogP contribution in [0, 0.1) is 17.2 Å². The third kappa shape index (κ3) is 3.96. The summed E-state index contributed by atoms with van der Waals surface area (Å²) in [4.78, 5) is 29.8. The molecule has 0 fully saturated rings. The number of aliphatic imine (C=N–C) groups is 1. The molecular formula is C20H18N4O2S. The van der Waals surface area contributed by atoms with Gasteiger partial charge in [-0.25, -0.2) is 4.99 Å². The van der Waals surface area contributed by atoms with Gasteiger partial charge in [0.15, 0.2) is 0 Å². The Balaban J connectivity index is 1.97. The predicted octanol–water partition coefficient (Wildman–Crippen LogP) is 2.95. The molecule has 3 rings (SSSR count). The summed E-state index contributed by atoms with van der Waals surface area (Å²) in [5.41, 5.74) is 1.54. The number of amides is 2. The number of carbonyl (C=O) groups excluding carboxylic acids is 2. The van der Waals surface area contributed by atoms with Crippen molar-refractivity contribution < 1.29 is 9.59 Å². The molecule has 0 saturated heterocycles. The van der Waals surface area contributed by atoms with Gasteiger partial charge in [-0.15, -0.1) is 11.3 Å². The Kier molecular flexibility index (Phi) is 5.48. The number of nitrogens with zero attached hydrogens (tertiary/aromatic N) is 2. The molecule has 1 aliphatic heterocycles. The van der Waals surface area contributed by atoms with Gasteiger partial charge >= 0.3 is 0 Å². The molecule has 7 heteroatoms. The first-order chi connectivity index (χ1) is 13.0. The average molecular weight is 378 g/mol. The van der Waals surface area contributed by atoms with E-state index in [9.17, 15) is 14.9 Å². The molecule has 0 spiro atoms. The number of fused-ring (bicyclic) bond motifs is 1. The molecule has 2 aromatic rings. The highest BCUT2D eigenvalue weighted by atomic mass is 32.1. The van der Waals surface area contributed by atoms with Crippen molar-refractivity contribution in [2.75, 3.05) is 6.54 Å². The second-order valence-electron chi connectivity index (χ2n) is 6.38. The molecule has 2 amide bonds. The van der Waals surface area contributed by atoms with Crippen LogP contribution in [0.15, 0.2) is 52.3 Å². The van der Waals surface area contributed by atoms with Crippen LogP contribution in [0.4, 0.5) is 0 Å². The van der Waals surface area contributed by atoms with E-state index in [-0.39, 0.29) is 23.1 Å². The standard InChI is InChI=1S/C20H18N4O2S/c1-12(2)11-22-19(25)15(10-21)17-13-6-3-4-7-14(13)18(23-17)24-20(26)16-8-5-9-27-16/h3-9,12H,11H2,1-2H3,(H,22,25)(H,23,24,26). The minimum atomic E-state index is -0.467. The summed E-state index contributed by atoms with van der Waals surface area (Å²) in [6.07, 6.45) is 0. The molecule has 0 saturated carbocycles. The van der Waals surface area contributed by atoms with Crippen molar-refractivity contribution in [2.24, 2.45) is 10.9 Å². The molecule has 136 valence electrons. The Morgan fingerprint density at radius 2 is 1.93 bits per heavy atom. The second kappa shape index (κ2) is 7.98. The van der Waals surface area contributed by atoms with Crippen LogP contribution < -0.4 is 10.6 Å². The predicted molar refractivity (Wildman–Crippen MR) is 105 cm³/mol. The lowest BCUT2D eigenvalue weighted by molar-refractivity contribution is -0.117. The van der Waals surface area contributed by atoms with E-state index in [1.165, 1.54) is 11.3 Å². The zero-order chi connectivity index (χ0) is 19.4. The van der Waals surface area contributed by atoms with Crippen LogP contribution in [-0.2, 0) is 4.79 Å². The van der Waals surface area contributed by atoms with Crippen LogP contribution >= 0.6 is 11.3 Å². The SMILES string of the molecule is CC(C)CNC(=O)C(C#N)=C1N=C(NC(=O)c2cccs2)c2ccccc21. The van der Waals surface area contributed by atoms with Crippen molar-refractivity contribution in [1.29, 1.82) is 5.26 Å². The topological polar surface area (TPSA) is 94.3 Å². The van der Waals surface area contributed by atoms with E-state index in [0.29, 0.717) is 28.4 Å². The highest BCUT2D eigenvalue weighted by Crippen LogP contribution is 2.30. The lowest BCUT2D eigenvalue weighted by Gasteiger charge is -2.08. The molecule has 0 unspecified atom stereocenters. The summed E-state index contributed by atoms with van der Waals surface area (Å²) >= 11 is 1.33. The molecule has 2 heterocycles. The maximum absolute atomic E-state index is 12.4. The average Bonchev–Trinajstić information content (AvgIpc) is 3.30. The summed E-state index contributed by atoms with van der Waals surface area (Å²) in [6.45, 7) is 4.41. The molecule has 27 heavy (non-hydrogen) atoms. The minimum Gasteiger partial charge on any atom is -0.351 e. The molecule has 6 nitrogen and oxygen atoms in total. The lowest BCUT2D eigenvalue weighted by atomic mass is 10.0. The Morgan fingerprint density at radius 1 is 1.19 bits per heavy atom. The third-order valence-electron chi connectivity index (χ3n) is 3.88. The van der Waals surface area contributed by atoms with Gasteiger partial charge in [-0.2, -0.15) is 5.26 Å². The maximum Gasteiger partial charge on any atom is 0.266 e. The largest absolute Gasteiger partial charge is 0.351 e. The number of benzene rings is 1. The first-order valence-corrected chi connectivity index (χ1v) is 9.35. The van der Waals surface area contributed by atoms with Crippen molar-refractivity contribution >= 4 is 34.7 Å². The minimum absolute atomic E-state index is 0.0662. The van der Waals surface area contributed by atoms with Crippen LogP contribution in [0.2, 0.25) is 0 Å². The number of thiophene rings is 1. The van der Waals surface area contributed by atoms with Gasteiger partial charge in [0.2, 0.25) is 0 Å². The molecule has 2 N–H and O–H groups in total. The molecule has 0 bridgehead atoms. The van der Waals surface area contributed by atoms with Crippen molar-refractivity contribution in [3.05, 3.63) is 63.4 Å². The van der Waals surface area contributed by atoms with Crippen molar-refractivity contribution in [3.8, 4) is 6.07 Å². The summed E-state index contributed by atoms with van der Waals surface area (Å²) in [5.74, 6) is -0.143. The van der Waals surface area contributed by atoms with E-state index in [1.54, 1.807) is 30.3 Å². The molecular weight excluding hydrogens is 360 g/mol. The van der Waals surface area contributed by atoms with E-state index < -0.39 is 5.91 Å². The van der Waals surface area contributed by atoms with Gasteiger partial charge < -0.3 is 10.6 Å². The van der Waals surface area contributed by atoms with Crippen LogP contribution in [-0.4, -0.2) is 24.2 Å². The van der Waals surface area contributed by atoms with Gasteiger partial charge in [-0.1, -0.05) is 44.2 Å². The molecule has 1 aromatic carbocycles. The Morgan fingerprint density at radius 3 is 2.56 bits per heavy atom. The quantitative estimate of drug-likeness (QED) is 0.633. The molecule has 0 radical (unpaired) electrons. The van der Waals surface area contributed by atoms with Gasteiger partial charge in [0, 0.05) is 17.7 Å². The summed E-state index contributed by atoms with van der Waals surface area (Å²) in [6, 6.07) is 12.7. The first kappa shape index (κ1) is 18.5. The van der Waals surface area contributed by atoms with Crippen LogP contribution in [0.25, 0.3) is 5.70 Å². The summed E-state index contributed by atoms with van der Waals surface area (Å²) in [5, 5.41) is 16.9. The van der Waals surface area contributed by atoms with Crippen LogP contribution in [0.5, 0.6) is 0 Å². The Bertz CT molecular complexity index is 982. The van der Waals surface area contributed by atoms with E-state index in [2.05, 4.69) is 15.6 Å². The van der Waals surface area contributed by atoms with Crippen molar-refractivity contribution in [1.82, 2.24) is 10.6 Å². The number of rotatable bonds is 4. The van der Waals surface area contributed by atoms with Crippen LogP contribution in [0.3, 0.4) is 0 Å².